The maximum Gasteiger partial charge on any atom is 0.387 e. The first kappa shape index (κ1) is 17.9. The molecule has 0 radical (unpaired) electrons. The molecule has 2 unspecified atom stereocenters. The van der Waals surface area contributed by atoms with Gasteiger partial charge in [-0.05, 0) is 49.8 Å². The number of benzene rings is 1. The minimum absolute atomic E-state index is 0.210. The molecule has 2 nitrogen and oxygen atoms in total. The van der Waals surface area contributed by atoms with E-state index in [0.717, 1.165) is 18.4 Å². The van der Waals surface area contributed by atoms with Gasteiger partial charge in [0.2, 0.25) is 0 Å². The molecule has 21 heavy (non-hydrogen) atoms. The van der Waals surface area contributed by atoms with Gasteiger partial charge >= 0.3 is 6.61 Å². The summed E-state index contributed by atoms with van der Waals surface area (Å²) in [6.07, 6.45) is 1.93. The van der Waals surface area contributed by atoms with Crippen molar-refractivity contribution in [3.8, 4) is 5.75 Å². The van der Waals surface area contributed by atoms with Crippen LogP contribution in [0.3, 0.4) is 0 Å². The van der Waals surface area contributed by atoms with Crippen LogP contribution in [-0.2, 0) is 6.42 Å². The van der Waals surface area contributed by atoms with Crippen LogP contribution < -0.4 is 10.1 Å². The normalized spacial score (nSPS) is 15.0. The van der Waals surface area contributed by atoms with Gasteiger partial charge in [-0.1, -0.05) is 32.9 Å². The lowest BCUT2D eigenvalue weighted by Gasteiger charge is -2.31. The van der Waals surface area contributed by atoms with E-state index in [1.807, 2.05) is 12.1 Å². The zero-order valence-electron chi connectivity index (χ0n) is 13.6. The second-order valence-electron chi connectivity index (χ2n) is 6.72. The summed E-state index contributed by atoms with van der Waals surface area (Å²) in [6.45, 7) is 8.28. The smallest absolute Gasteiger partial charge is 0.387 e. The average molecular weight is 299 g/mol. The summed E-state index contributed by atoms with van der Waals surface area (Å²) in [4.78, 5) is 0. The van der Waals surface area contributed by atoms with Crippen molar-refractivity contribution in [3.63, 3.8) is 0 Å². The molecule has 1 rings (SSSR count). The third-order valence-electron chi connectivity index (χ3n) is 3.85. The van der Waals surface area contributed by atoms with Crippen molar-refractivity contribution in [2.24, 2.45) is 5.41 Å². The highest BCUT2D eigenvalue weighted by Gasteiger charge is 2.20. The number of rotatable bonds is 7. The summed E-state index contributed by atoms with van der Waals surface area (Å²) < 4.78 is 28.5. The topological polar surface area (TPSA) is 21.3 Å². The fraction of sp³-hybridized carbons (Fsp3) is 0.647. The van der Waals surface area contributed by atoms with Crippen LogP contribution >= 0.6 is 0 Å². The van der Waals surface area contributed by atoms with Gasteiger partial charge in [-0.2, -0.15) is 8.78 Å². The Bertz CT molecular complexity index is 412. The van der Waals surface area contributed by atoms with Crippen molar-refractivity contribution < 1.29 is 13.5 Å². The Morgan fingerprint density at radius 2 is 1.67 bits per heavy atom. The van der Waals surface area contributed by atoms with Crippen molar-refractivity contribution in [2.75, 3.05) is 0 Å². The zero-order valence-corrected chi connectivity index (χ0v) is 13.6. The van der Waals surface area contributed by atoms with Crippen molar-refractivity contribution in [2.45, 2.75) is 66.2 Å². The molecule has 1 N–H and O–H groups in total. The third kappa shape index (κ3) is 6.89. The van der Waals surface area contributed by atoms with Crippen molar-refractivity contribution in [1.29, 1.82) is 0 Å². The number of nitrogens with one attached hydrogen (secondary N) is 1. The van der Waals surface area contributed by atoms with Gasteiger partial charge in [0.25, 0.3) is 0 Å². The second kappa shape index (κ2) is 7.74. The maximum atomic E-state index is 12.1. The Hall–Kier alpha value is -1.16. The van der Waals surface area contributed by atoms with Crippen LogP contribution in [-0.4, -0.2) is 18.7 Å². The van der Waals surface area contributed by atoms with Crippen LogP contribution in [0.4, 0.5) is 8.78 Å². The van der Waals surface area contributed by atoms with Gasteiger partial charge in [0.05, 0.1) is 0 Å². The van der Waals surface area contributed by atoms with Crippen molar-refractivity contribution in [3.05, 3.63) is 29.8 Å². The van der Waals surface area contributed by atoms with Gasteiger partial charge in [-0.3, -0.25) is 0 Å². The molecule has 0 heterocycles. The Kier molecular flexibility index (Phi) is 6.59. The second-order valence-corrected chi connectivity index (χ2v) is 6.72. The van der Waals surface area contributed by atoms with Crippen LogP contribution in [0.1, 0.15) is 46.6 Å². The lowest BCUT2D eigenvalue weighted by molar-refractivity contribution is -0.0498. The van der Waals surface area contributed by atoms with E-state index in [9.17, 15) is 8.78 Å². The molecule has 0 aliphatic carbocycles. The SMILES string of the molecule is CC(CCc1ccc(OC(F)F)cc1)NC(C)C(C)(C)C. The molecule has 0 fully saturated rings. The van der Waals surface area contributed by atoms with Gasteiger partial charge in [0, 0.05) is 12.1 Å². The number of halogens is 2. The lowest BCUT2D eigenvalue weighted by Crippen LogP contribution is -2.42. The van der Waals surface area contributed by atoms with E-state index < -0.39 is 6.61 Å². The molecule has 0 amide bonds. The fourth-order valence-electron chi connectivity index (χ4n) is 1.98. The summed E-state index contributed by atoms with van der Waals surface area (Å²) in [5.41, 5.74) is 1.37. The van der Waals surface area contributed by atoms with Gasteiger partial charge in [0.15, 0.2) is 0 Å². The number of aryl methyl sites for hydroxylation is 1. The molecular formula is C17H27F2NO. The summed E-state index contributed by atoms with van der Waals surface area (Å²) in [7, 11) is 0. The Morgan fingerprint density at radius 3 is 2.14 bits per heavy atom. The van der Waals surface area contributed by atoms with Gasteiger partial charge in [-0.25, -0.2) is 0 Å². The summed E-state index contributed by atoms with van der Waals surface area (Å²) in [6, 6.07) is 7.73. The summed E-state index contributed by atoms with van der Waals surface area (Å²) in [5.74, 6) is 0.210. The predicted octanol–water partition coefficient (Wildman–Crippen LogP) is 4.63. The minimum atomic E-state index is -2.76. The summed E-state index contributed by atoms with van der Waals surface area (Å²) in [5, 5.41) is 3.60. The Morgan fingerprint density at radius 1 is 1.10 bits per heavy atom. The number of alkyl halides is 2. The Balaban J connectivity index is 2.41. The van der Waals surface area contributed by atoms with Crippen molar-refractivity contribution in [1.82, 2.24) is 5.32 Å². The number of hydrogen-bond acceptors (Lipinski definition) is 2. The minimum Gasteiger partial charge on any atom is -0.435 e. The molecule has 0 saturated carbocycles. The first-order chi connectivity index (χ1) is 9.68. The van der Waals surface area contributed by atoms with E-state index in [1.54, 1.807) is 12.1 Å². The average Bonchev–Trinajstić information content (AvgIpc) is 2.36. The third-order valence-corrected chi connectivity index (χ3v) is 3.85. The van der Waals surface area contributed by atoms with Crippen LogP contribution in [0.15, 0.2) is 24.3 Å². The van der Waals surface area contributed by atoms with Crippen LogP contribution in [0.2, 0.25) is 0 Å². The molecule has 0 spiro atoms. The number of ether oxygens (including phenoxy) is 1. The first-order valence-electron chi connectivity index (χ1n) is 7.48. The predicted molar refractivity (Wildman–Crippen MR) is 82.9 cm³/mol. The largest absolute Gasteiger partial charge is 0.435 e. The van der Waals surface area contributed by atoms with Crippen LogP contribution in [0.25, 0.3) is 0 Å². The van der Waals surface area contributed by atoms with E-state index >= 15 is 0 Å². The standard InChI is InChI=1S/C17H27F2NO/c1-12(20-13(2)17(3,4)5)6-7-14-8-10-15(11-9-14)21-16(18)19/h8-13,16,20H,6-7H2,1-5H3. The van der Waals surface area contributed by atoms with Gasteiger partial charge in [-0.15, -0.1) is 0 Å². The van der Waals surface area contributed by atoms with Crippen LogP contribution in [0.5, 0.6) is 5.75 Å². The van der Waals surface area contributed by atoms with Crippen LogP contribution in [0, 0.1) is 5.41 Å². The molecule has 1 aromatic rings. The van der Waals surface area contributed by atoms with E-state index in [0.29, 0.717) is 12.1 Å². The highest BCUT2D eigenvalue weighted by Crippen LogP contribution is 2.20. The molecule has 0 saturated heterocycles. The van der Waals surface area contributed by atoms with E-state index in [-0.39, 0.29) is 11.2 Å². The lowest BCUT2D eigenvalue weighted by atomic mass is 9.87. The molecule has 4 heteroatoms. The highest BCUT2D eigenvalue weighted by molar-refractivity contribution is 5.27. The van der Waals surface area contributed by atoms with E-state index in [2.05, 4.69) is 44.7 Å². The molecule has 0 aromatic heterocycles. The Labute approximate surface area is 126 Å². The molecule has 120 valence electrons. The van der Waals surface area contributed by atoms with Gasteiger partial charge < -0.3 is 10.1 Å². The number of hydrogen-bond donors (Lipinski definition) is 1. The quantitative estimate of drug-likeness (QED) is 0.792. The molecule has 0 aliphatic rings. The molecule has 0 aliphatic heterocycles. The van der Waals surface area contributed by atoms with E-state index in [4.69, 9.17) is 0 Å². The fourth-order valence-corrected chi connectivity index (χ4v) is 1.98. The molecule has 1 aromatic carbocycles. The molecule has 2 atom stereocenters. The monoisotopic (exact) mass is 299 g/mol. The molecular weight excluding hydrogens is 272 g/mol. The zero-order chi connectivity index (χ0) is 16.0. The van der Waals surface area contributed by atoms with E-state index in [1.165, 1.54) is 0 Å². The maximum absolute atomic E-state index is 12.1. The van der Waals surface area contributed by atoms with Crippen molar-refractivity contribution >= 4 is 0 Å². The summed E-state index contributed by atoms with van der Waals surface area (Å²) >= 11 is 0. The highest BCUT2D eigenvalue weighted by atomic mass is 19.3. The molecule has 0 bridgehead atoms. The van der Waals surface area contributed by atoms with Gasteiger partial charge in [0.1, 0.15) is 5.75 Å². The first-order valence-corrected chi connectivity index (χ1v) is 7.48.